The Hall–Kier alpha value is -0.570. The van der Waals surface area contributed by atoms with Crippen LogP contribution in [0.15, 0.2) is 0 Å². The SMILES string of the molecule is O=C(O)CCCCN1CCCC2CCCCC21. The zero-order valence-corrected chi connectivity index (χ0v) is 10.7. The molecule has 2 fully saturated rings. The molecule has 1 aliphatic carbocycles. The van der Waals surface area contributed by atoms with Gasteiger partial charge >= 0.3 is 5.97 Å². The third-order valence-corrected chi connectivity index (χ3v) is 4.44. The molecule has 1 aliphatic heterocycles. The Bertz CT molecular complexity index is 253. The van der Waals surface area contributed by atoms with Gasteiger partial charge in [0.05, 0.1) is 0 Å². The van der Waals surface area contributed by atoms with Gasteiger partial charge in [0, 0.05) is 12.5 Å². The number of unbranched alkanes of at least 4 members (excludes halogenated alkanes) is 1. The Morgan fingerprint density at radius 3 is 2.71 bits per heavy atom. The first-order valence-corrected chi connectivity index (χ1v) is 7.23. The fourth-order valence-corrected chi connectivity index (χ4v) is 3.60. The number of carboxylic acid groups (broad SMARTS) is 1. The predicted octanol–water partition coefficient (Wildman–Crippen LogP) is 2.90. The molecule has 0 bridgehead atoms. The van der Waals surface area contributed by atoms with Gasteiger partial charge in [-0.2, -0.15) is 0 Å². The lowest BCUT2D eigenvalue weighted by Gasteiger charge is -2.44. The zero-order chi connectivity index (χ0) is 12.1. The van der Waals surface area contributed by atoms with Gasteiger partial charge in [-0.3, -0.25) is 4.79 Å². The lowest BCUT2D eigenvalue weighted by molar-refractivity contribution is -0.137. The molecule has 1 saturated carbocycles. The summed E-state index contributed by atoms with van der Waals surface area (Å²) < 4.78 is 0. The van der Waals surface area contributed by atoms with Crippen molar-refractivity contribution < 1.29 is 9.90 Å². The maximum atomic E-state index is 10.5. The molecule has 1 N–H and O–H groups in total. The van der Waals surface area contributed by atoms with E-state index in [1.54, 1.807) is 0 Å². The zero-order valence-electron chi connectivity index (χ0n) is 10.7. The van der Waals surface area contributed by atoms with Gasteiger partial charge in [-0.15, -0.1) is 0 Å². The number of likely N-dealkylation sites (tertiary alicyclic amines) is 1. The minimum absolute atomic E-state index is 0.335. The van der Waals surface area contributed by atoms with Crippen molar-refractivity contribution in [2.75, 3.05) is 13.1 Å². The Morgan fingerprint density at radius 1 is 1.12 bits per heavy atom. The Labute approximate surface area is 104 Å². The van der Waals surface area contributed by atoms with E-state index >= 15 is 0 Å². The second kappa shape index (κ2) is 6.39. The van der Waals surface area contributed by atoms with Gasteiger partial charge in [-0.25, -0.2) is 0 Å². The van der Waals surface area contributed by atoms with Crippen LogP contribution in [0.2, 0.25) is 0 Å². The van der Waals surface area contributed by atoms with Crippen LogP contribution in [0.1, 0.15) is 57.8 Å². The monoisotopic (exact) mass is 239 g/mol. The topological polar surface area (TPSA) is 40.5 Å². The first kappa shape index (κ1) is 12.9. The van der Waals surface area contributed by atoms with Gasteiger partial charge in [0.25, 0.3) is 0 Å². The summed E-state index contributed by atoms with van der Waals surface area (Å²) in [6, 6.07) is 0.822. The van der Waals surface area contributed by atoms with Crippen LogP contribution in [0.3, 0.4) is 0 Å². The summed E-state index contributed by atoms with van der Waals surface area (Å²) in [6.07, 6.45) is 10.6. The summed E-state index contributed by atoms with van der Waals surface area (Å²) in [5.41, 5.74) is 0. The van der Waals surface area contributed by atoms with Crippen molar-refractivity contribution in [2.24, 2.45) is 5.92 Å². The molecule has 1 heterocycles. The van der Waals surface area contributed by atoms with Gasteiger partial charge in [-0.1, -0.05) is 12.8 Å². The maximum Gasteiger partial charge on any atom is 0.303 e. The molecule has 3 heteroatoms. The van der Waals surface area contributed by atoms with E-state index in [2.05, 4.69) is 4.90 Å². The van der Waals surface area contributed by atoms with Crippen LogP contribution in [-0.4, -0.2) is 35.1 Å². The molecule has 98 valence electrons. The van der Waals surface area contributed by atoms with E-state index in [4.69, 9.17) is 5.11 Å². The summed E-state index contributed by atoms with van der Waals surface area (Å²) in [6.45, 7) is 2.36. The molecule has 2 aliphatic rings. The van der Waals surface area contributed by atoms with Crippen molar-refractivity contribution >= 4 is 5.97 Å². The van der Waals surface area contributed by atoms with Gasteiger partial charge in [-0.05, 0) is 57.5 Å². The van der Waals surface area contributed by atoms with Crippen molar-refractivity contribution in [1.82, 2.24) is 4.90 Å². The molecule has 0 radical (unpaired) electrons. The van der Waals surface area contributed by atoms with Crippen LogP contribution >= 0.6 is 0 Å². The molecule has 3 nitrogen and oxygen atoms in total. The number of fused-ring (bicyclic) bond motifs is 1. The lowest BCUT2D eigenvalue weighted by Crippen LogP contribution is -2.47. The number of carboxylic acids is 1. The highest BCUT2D eigenvalue weighted by Crippen LogP contribution is 2.35. The predicted molar refractivity (Wildman–Crippen MR) is 68.0 cm³/mol. The average Bonchev–Trinajstić information content (AvgIpc) is 2.34. The van der Waals surface area contributed by atoms with Crippen molar-refractivity contribution in [2.45, 2.75) is 63.8 Å². The van der Waals surface area contributed by atoms with E-state index in [1.165, 1.54) is 45.1 Å². The van der Waals surface area contributed by atoms with E-state index in [9.17, 15) is 4.79 Å². The van der Waals surface area contributed by atoms with E-state index in [0.29, 0.717) is 6.42 Å². The van der Waals surface area contributed by atoms with E-state index in [-0.39, 0.29) is 0 Å². The number of hydrogen-bond acceptors (Lipinski definition) is 2. The summed E-state index contributed by atoms with van der Waals surface area (Å²) in [4.78, 5) is 13.1. The maximum absolute atomic E-state index is 10.5. The van der Waals surface area contributed by atoms with Crippen molar-refractivity contribution in [3.63, 3.8) is 0 Å². The summed E-state index contributed by atoms with van der Waals surface area (Å²) in [5, 5.41) is 8.62. The first-order chi connectivity index (χ1) is 8.27. The average molecular weight is 239 g/mol. The van der Waals surface area contributed by atoms with Crippen molar-refractivity contribution in [1.29, 1.82) is 0 Å². The third kappa shape index (κ3) is 3.70. The minimum Gasteiger partial charge on any atom is -0.481 e. The van der Waals surface area contributed by atoms with Gasteiger partial charge in [0.2, 0.25) is 0 Å². The van der Waals surface area contributed by atoms with Gasteiger partial charge < -0.3 is 10.0 Å². The molecule has 0 aromatic heterocycles. The van der Waals surface area contributed by atoms with Gasteiger partial charge in [0.15, 0.2) is 0 Å². The summed E-state index contributed by atoms with van der Waals surface area (Å²) >= 11 is 0. The molecule has 1 saturated heterocycles. The number of rotatable bonds is 5. The highest BCUT2D eigenvalue weighted by atomic mass is 16.4. The van der Waals surface area contributed by atoms with Gasteiger partial charge in [0.1, 0.15) is 0 Å². The van der Waals surface area contributed by atoms with Crippen LogP contribution in [0, 0.1) is 5.92 Å². The van der Waals surface area contributed by atoms with E-state index < -0.39 is 5.97 Å². The molecule has 0 spiro atoms. The summed E-state index contributed by atoms with van der Waals surface area (Å²) in [7, 11) is 0. The van der Waals surface area contributed by atoms with Crippen LogP contribution in [0.25, 0.3) is 0 Å². The number of nitrogens with zero attached hydrogens (tertiary/aromatic N) is 1. The molecule has 2 rings (SSSR count). The molecular formula is C14H25NO2. The molecule has 0 aromatic rings. The van der Waals surface area contributed by atoms with E-state index in [0.717, 1.165) is 31.3 Å². The molecule has 17 heavy (non-hydrogen) atoms. The number of piperidine rings is 1. The standard InChI is InChI=1S/C14H25NO2/c16-14(17)9-3-4-10-15-11-5-7-12-6-1-2-8-13(12)15/h12-13H,1-11H2,(H,16,17). The highest BCUT2D eigenvalue weighted by molar-refractivity contribution is 5.66. The third-order valence-electron chi connectivity index (χ3n) is 4.44. The summed E-state index contributed by atoms with van der Waals surface area (Å²) in [5.74, 6) is 0.288. The smallest absolute Gasteiger partial charge is 0.303 e. The van der Waals surface area contributed by atoms with E-state index in [1.807, 2.05) is 0 Å². The normalized spacial score (nSPS) is 29.9. The highest BCUT2D eigenvalue weighted by Gasteiger charge is 2.32. The fourth-order valence-electron chi connectivity index (χ4n) is 3.60. The first-order valence-electron chi connectivity index (χ1n) is 7.23. The fraction of sp³-hybridized carbons (Fsp3) is 0.929. The molecule has 2 unspecified atom stereocenters. The van der Waals surface area contributed by atoms with Crippen LogP contribution in [0.4, 0.5) is 0 Å². The molecule has 0 amide bonds. The molecular weight excluding hydrogens is 214 g/mol. The van der Waals surface area contributed by atoms with Crippen LogP contribution in [-0.2, 0) is 4.79 Å². The van der Waals surface area contributed by atoms with Crippen LogP contribution < -0.4 is 0 Å². The minimum atomic E-state index is -0.654. The lowest BCUT2D eigenvalue weighted by atomic mass is 9.78. The second-order valence-corrected chi connectivity index (χ2v) is 5.64. The van der Waals surface area contributed by atoms with Crippen LogP contribution in [0.5, 0.6) is 0 Å². The van der Waals surface area contributed by atoms with Crippen molar-refractivity contribution in [3.05, 3.63) is 0 Å². The van der Waals surface area contributed by atoms with Crippen molar-refractivity contribution in [3.8, 4) is 0 Å². The molecule has 2 atom stereocenters. The number of hydrogen-bond donors (Lipinski definition) is 1. The quantitative estimate of drug-likeness (QED) is 0.750. The number of aliphatic carboxylic acids is 1. The Balaban J connectivity index is 1.73. The Morgan fingerprint density at radius 2 is 1.88 bits per heavy atom. The molecule has 0 aromatic carbocycles. The number of carbonyl (C=O) groups is 1. The Kier molecular flexibility index (Phi) is 4.84. The second-order valence-electron chi connectivity index (χ2n) is 5.64. The largest absolute Gasteiger partial charge is 0.481 e.